The number of halogens is 2. The predicted molar refractivity (Wildman–Crippen MR) is 79.0 cm³/mol. The van der Waals surface area contributed by atoms with Crippen LogP contribution in [0, 0.1) is 6.92 Å². The molecule has 0 unspecified atom stereocenters. The van der Waals surface area contributed by atoms with Crippen molar-refractivity contribution in [2.45, 2.75) is 6.92 Å². The van der Waals surface area contributed by atoms with Gasteiger partial charge < -0.3 is 9.63 Å². The molecule has 0 saturated heterocycles. The maximum atomic E-state index is 11.4. The number of carboxylic acids is 1. The van der Waals surface area contributed by atoms with E-state index in [1.54, 1.807) is 25.1 Å². The summed E-state index contributed by atoms with van der Waals surface area (Å²) in [5.74, 6) is -1.07. The number of pyridine rings is 1. The summed E-state index contributed by atoms with van der Waals surface area (Å²) < 4.78 is 5.14. The Bertz CT molecular complexity index is 874. The van der Waals surface area contributed by atoms with Crippen LogP contribution in [-0.2, 0) is 0 Å². The zero-order chi connectivity index (χ0) is 15.1. The monoisotopic (exact) mass is 322 g/mol. The minimum Gasteiger partial charge on any atom is -0.478 e. The Morgan fingerprint density at radius 1 is 1.24 bits per heavy atom. The van der Waals surface area contributed by atoms with Crippen molar-refractivity contribution in [2.24, 2.45) is 0 Å². The lowest BCUT2D eigenvalue weighted by atomic mass is 10.0. The van der Waals surface area contributed by atoms with E-state index in [4.69, 9.17) is 27.7 Å². The molecule has 5 nitrogen and oxygen atoms in total. The van der Waals surface area contributed by atoms with Gasteiger partial charge in [-0.25, -0.2) is 9.78 Å². The number of hydrogen-bond acceptors (Lipinski definition) is 4. The minimum atomic E-state index is -1.07. The normalized spacial score (nSPS) is 11.0. The highest BCUT2D eigenvalue weighted by Crippen LogP contribution is 2.33. The fourth-order valence-electron chi connectivity index (χ4n) is 2.08. The van der Waals surface area contributed by atoms with Gasteiger partial charge in [0.15, 0.2) is 0 Å². The third kappa shape index (κ3) is 2.34. The number of aryl methyl sites for hydroxylation is 1. The Kier molecular flexibility index (Phi) is 3.31. The van der Waals surface area contributed by atoms with Crippen molar-refractivity contribution in [1.29, 1.82) is 0 Å². The lowest BCUT2D eigenvalue weighted by Crippen LogP contribution is -1.99. The van der Waals surface area contributed by atoms with Crippen molar-refractivity contribution < 1.29 is 14.4 Å². The first-order valence-electron chi connectivity index (χ1n) is 5.93. The second kappa shape index (κ2) is 5.02. The zero-order valence-electron chi connectivity index (χ0n) is 10.7. The van der Waals surface area contributed by atoms with Crippen LogP contribution in [0.1, 0.15) is 16.1 Å². The summed E-state index contributed by atoms with van der Waals surface area (Å²) in [6.45, 7) is 1.69. The number of fused-ring (bicyclic) bond motifs is 1. The van der Waals surface area contributed by atoms with Crippen molar-refractivity contribution in [3.63, 3.8) is 0 Å². The lowest BCUT2D eigenvalue weighted by molar-refractivity contribution is 0.0699. The fourth-order valence-corrected chi connectivity index (χ4v) is 2.38. The number of hydrogen-bond donors (Lipinski definition) is 1. The van der Waals surface area contributed by atoms with Crippen molar-refractivity contribution in [3.05, 3.63) is 45.6 Å². The highest BCUT2D eigenvalue weighted by atomic mass is 35.5. The Morgan fingerprint density at radius 2 is 2.00 bits per heavy atom. The standard InChI is InChI=1S/C14H8Cl2N2O3/c1-6-4-8(14(19)20)11-12(18-21-13(11)17-6)7-2-3-9(15)10(16)5-7/h2-5H,1H3,(H,19,20). The van der Waals surface area contributed by atoms with Crippen LogP contribution >= 0.6 is 23.2 Å². The van der Waals surface area contributed by atoms with Gasteiger partial charge in [0, 0.05) is 11.3 Å². The van der Waals surface area contributed by atoms with E-state index in [9.17, 15) is 9.90 Å². The predicted octanol–water partition coefficient (Wildman–Crippen LogP) is 4.20. The Labute approximate surface area is 129 Å². The molecular weight excluding hydrogens is 315 g/mol. The number of aromatic carboxylic acids is 1. The van der Waals surface area contributed by atoms with Crippen LogP contribution in [0.2, 0.25) is 10.0 Å². The Balaban J connectivity index is 2.33. The van der Waals surface area contributed by atoms with Gasteiger partial charge in [-0.1, -0.05) is 34.4 Å². The van der Waals surface area contributed by atoms with Crippen LogP contribution in [0.5, 0.6) is 0 Å². The first-order chi connectivity index (χ1) is 9.97. The third-order valence-electron chi connectivity index (χ3n) is 3.00. The van der Waals surface area contributed by atoms with Gasteiger partial charge in [0.05, 0.1) is 21.0 Å². The number of nitrogens with zero attached hydrogens (tertiary/aromatic N) is 2. The van der Waals surface area contributed by atoms with Gasteiger partial charge in [-0.05, 0) is 25.1 Å². The molecule has 3 rings (SSSR count). The summed E-state index contributed by atoms with van der Waals surface area (Å²) in [7, 11) is 0. The van der Waals surface area contributed by atoms with E-state index >= 15 is 0 Å². The number of benzene rings is 1. The molecule has 2 heterocycles. The molecule has 106 valence electrons. The van der Waals surface area contributed by atoms with Crippen LogP contribution < -0.4 is 0 Å². The molecule has 1 N–H and O–H groups in total. The largest absolute Gasteiger partial charge is 0.478 e. The number of carboxylic acid groups (broad SMARTS) is 1. The fraction of sp³-hybridized carbons (Fsp3) is 0.0714. The van der Waals surface area contributed by atoms with E-state index in [-0.39, 0.29) is 11.3 Å². The minimum absolute atomic E-state index is 0.0832. The summed E-state index contributed by atoms with van der Waals surface area (Å²) in [6, 6.07) is 6.38. The second-order valence-corrected chi connectivity index (χ2v) is 5.27. The summed E-state index contributed by atoms with van der Waals surface area (Å²) in [5, 5.41) is 14.4. The molecule has 0 aliphatic carbocycles. The van der Waals surface area contributed by atoms with E-state index in [1.807, 2.05) is 0 Å². The average Bonchev–Trinajstić information content (AvgIpc) is 2.84. The van der Waals surface area contributed by atoms with Gasteiger partial charge >= 0.3 is 5.97 Å². The SMILES string of the molecule is Cc1cc(C(=O)O)c2c(-c3ccc(Cl)c(Cl)c3)noc2n1. The molecule has 0 atom stereocenters. The van der Waals surface area contributed by atoms with Crippen molar-refractivity contribution in [3.8, 4) is 11.3 Å². The van der Waals surface area contributed by atoms with Crippen LogP contribution in [-0.4, -0.2) is 21.2 Å². The summed E-state index contributed by atoms with van der Waals surface area (Å²) in [4.78, 5) is 15.6. The third-order valence-corrected chi connectivity index (χ3v) is 3.74. The van der Waals surface area contributed by atoms with E-state index in [0.717, 1.165) is 0 Å². The lowest BCUT2D eigenvalue weighted by Gasteiger charge is -2.02. The van der Waals surface area contributed by atoms with E-state index in [1.165, 1.54) is 6.07 Å². The Morgan fingerprint density at radius 3 is 2.67 bits per heavy atom. The number of aromatic nitrogens is 2. The van der Waals surface area contributed by atoms with Gasteiger partial charge in [-0.2, -0.15) is 0 Å². The van der Waals surface area contributed by atoms with E-state index in [2.05, 4.69) is 10.1 Å². The van der Waals surface area contributed by atoms with Crippen LogP contribution in [0.25, 0.3) is 22.4 Å². The highest BCUT2D eigenvalue weighted by Gasteiger charge is 2.20. The van der Waals surface area contributed by atoms with Crippen LogP contribution in [0.4, 0.5) is 0 Å². The van der Waals surface area contributed by atoms with Crippen LogP contribution in [0.3, 0.4) is 0 Å². The van der Waals surface area contributed by atoms with Gasteiger partial charge in [0.1, 0.15) is 5.69 Å². The van der Waals surface area contributed by atoms with Crippen molar-refractivity contribution in [1.82, 2.24) is 10.1 Å². The van der Waals surface area contributed by atoms with Crippen molar-refractivity contribution >= 4 is 40.3 Å². The average molecular weight is 323 g/mol. The molecule has 1 aromatic carbocycles. The van der Waals surface area contributed by atoms with E-state index < -0.39 is 5.97 Å². The molecule has 0 radical (unpaired) electrons. The summed E-state index contributed by atoms with van der Waals surface area (Å²) in [5.41, 5.74) is 1.77. The summed E-state index contributed by atoms with van der Waals surface area (Å²) >= 11 is 11.9. The summed E-state index contributed by atoms with van der Waals surface area (Å²) in [6.07, 6.45) is 0. The number of carbonyl (C=O) groups is 1. The molecule has 0 aliphatic rings. The van der Waals surface area contributed by atoms with Gasteiger partial charge in [0.2, 0.25) is 0 Å². The number of rotatable bonds is 2. The molecule has 7 heteroatoms. The maximum absolute atomic E-state index is 11.4. The molecular formula is C14H8Cl2N2O3. The van der Waals surface area contributed by atoms with Crippen molar-refractivity contribution in [2.75, 3.05) is 0 Å². The van der Waals surface area contributed by atoms with Gasteiger partial charge in [-0.3, -0.25) is 0 Å². The van der Waals surface area contributed by atoms with Gasteiger partial charge in [0.25, 0.3) is 5.71 Å². The van der Waals surface area contributed by atoms with Crippen LogP contribution in [0.15, 0.2) is 28.8 Å². The molecule has 0 saturated carbocycles. The smallest absolute Gasteiger partial charge is 0.336 e. The molecule has 0 fully saturated rings. The molecule has 2 aromatic heterocycles. The maximum Gasteiger partial charge on any atom is 0.336 e. The molecule has 0 aliphatic heterocycles. The molecule has 0 amide bonds. The van der Waals surface area contributed by atoms with Gasteiger partial charge in [-0.15, -0.1) is 0 Å². The topological polar surface area (TPSA) is 76.2 Å². The molecule has 0 spiro atoms. The van der Waals surface area contributed by atoms with E-state index in [0.29, 0.717) is 32.4 Å². The zero-order valence-corrected chi connectivity index (χ0v) is 12.2. The quantitative estimate of drug-likeness (QED) is 0.765. The first kappa shape index (κ1) is 13.9. The first-order valence-corrected chi connectivity index (χ1v) is 6.68. The molecule has 21 heavy (non-hydrogen) atoms. The highest BCUT2D eigenvalue weighted by molar-refractivity contribution is 6.42. The Hall–Kier alpha value is -2.11. The second-order valence-electron chi connectivity index (χ2n) is 4.46. The molecule has 3 aromatic rings. The molecule has 0 bridgehead atoms.